The van der Waals surface area contributed by atoms with Gasteiger partial charge in [0.25, 0.3) is 5.91 Å². The van der Waals surface area contributed by atoms with E-state index in [0.29, 0.717) is 22.7 Å². The van der Waals surface area contributed by atoms with E-state index in [1.165, 1.54) is 6.92 Å². The van der Waals surface area contributed by atoms with Crippen molar-refractivity contribution in [2.45, 2.75) is 6.92 Å². The fraction of sp³-hybridized carbons (Fsp3) is 0.167. The molecular formula is C18H19N3O4. The summed E-state index contributed by atoms with van der Waals surface area (Å²) in [5.74, 6) is -0.219. The van der Waals surface area contributed by atoms with Gasteiger partial charge in [-0.2, -0.15) is 0 Å². The van der Waals surface area contributed by atoms with Gasteiger partial charge >= 0.3 is 0 Å². The molecule has 0 saturated carbocycles. The molecule has 0 aliphatic rings. The molecule has 0 unspecified atom stereocenters. The molecule has 25 heavy (non-hydrogen) atoms. The minimum absolute atomic E-state index is 0.154. The normalized spacial score (nSPS) is 9.84. The van der Waals surface area contributed by atoms with Gasteiger partial charge in [0.2, 0.25) is 11.8 Å². The van der Waals surface area contributed by atoms with Crippen LogP contribution in [0.25, 0.3) is 0 Å². The Morgan fingerprint density at radius 1 is 0.880 bits per heavy atom. The minimum Gasteiger partial charge on any atom is -0.497 e. The number of anilines is 2. The van der Waals surface area contributed by atoms with Crippen LogP contribution in [0.15, 0.2) is 48.5 Å². The number of ether oxygens (including phenoxy) is 1. The summed E-state index contributed by atoms with van der Waals surface area (Å²) in [6.07, 6.45) is 0. The van der Waals surface area contributed by atoms with Crippen molar-refractivity contribution in [3.8, 4) is 5.75 Å². The first-order valence-electron chi connectivity index (χ1n) is 7.57. The van der Waals surface area contributed by atoms with Crippen LogP contribution in [0.2, 0.25) is 0 Å². The molecule has 0 atom stereocenters. The van der Waals surface area contributed by atoms with Crippen LogP contribution in [0.1, 0.15) is 17.3 Å². The summed E-state index contributed by atoms with van der Waals surface area (Å²) in [4.78, 5) is 34.8. The van der Waals surface area contributed by atoms with Crippen LogP contribution in [0, 0.1) is 0 Å². The number of carbonyl (C=O) groups is 3. The first-order valence-corrected chi connectivity index (χ1v) is 7.57. The van der Waals surface area contributed by atoms with Crippen LogP contribution in [0.3, 0.4) is 0 Å². The van der Waals surface area contributed by atoms with Crippen molar-refractivity contribution >= 4 is 29.1 Å². The highest BCUT2D eigenvalue weighted by atomic mass is 16.5. The van der Waals surface area contributed by atoms with Crippen LogP contribution < -0.4 is 20.7 Å². The summed E-state index contributed by atoms with van der Waals surface area (Å²) in [6.45, 7) is 1.26. The molecular weight excluding hydrogens is 322 g/mol. The molecule has 0 saturated heterocycles. The van der Waals surface area contributed by atoms with Crippen LogP contribution in [-0.4, -0.2) is 31.4 Å². The smallest absolute Gasteiger partial charge is 0.251 e. The van der Waals surface area contributed by atoms with Gasteiger partial charge in [-0.25, -0.2) is 0 Å². The van der Waals surface area contributed by atoms with Crippen LogP contribution in [0.4, 0.5) is 11.4 Å². The molecule has 0 spiro atoms. The second kappa shape index (κ2) is 8.49. The Morgan fingerprint density at radius 2 is 1.44 bits per heavy atom. The summed E-state index contributed by atoms with van der Waals surface area (Å²) in [5.41, 5.74) is 1.64. The highest BCUT2D eigenvalue weighted by molar-refractivity contribution is 5.99. The first kappa shape index (κ1) is 18.0. The third-order valence-electron chi connectivity index (χ3n) is 3.25. The molecule has 0 fully saturated rings. The van der Waals surface area contributed by atoms with E-state index in [1.807, 2.05) is 0 Å². The molecule has 7 nitrogen and oxygen atoms in total. The van der Waals surface area contributed by atoms with Gasteiger partial charge in [0.15, 0.2) is 0 Å². The predicted octanol–water partition coefficient (Wildman–Crippen LogP) is 2.02. The Hall–Kier alpha value is -3.35. The topological polar surface area (TPSA) is 96.5 Å². The largest absolute Gasteiger partial charge is 0.497 e. The average molecular weight is 341 g/mol. The SMILES string of the molecule is COc1ccc(C(=O)NCC(=O)Nc2ccc(NC(C)=O)cc2)cc1. The third-order valence-corrected chi connectivity index (χ3v) is 3.25. The highest BCUT2D eigenvalue weighted by Gasteiger charge is 2.08. The van der Waals surface area contributed by atoms with Gasteiger partial charge in [0, 0.05) is 23.9 Å². The second-order valence-corrected chi connectivity index (χ2v) is 5.22. The number of carbonyl (C=O) groups excluding carboxylic acids is 3. The zero-order valence-electron chi connectivity index (χ0n) is 14.0. The first-order chi connectivity index (χ1) is 12.0. The van der Waals surface area contributed by atoms with E-state index in [-0.39, 0.29) is 24.3 Å². The molecule has 0 aromatic heterocycles. The van der Waals surface area contributed by atoms with Crippen molar-refractivity contribution in [2.75, 3.05) is 24.3 Å². The van der Waals surface area contributed by atoms with E-state index in [2.05, 4.69) is 16.0 Å². The molecule has 0 aliphatic heterocycles. The van der Waals surface area contributed by atoms with E-state index in [9.17, 15) is 14.4 Å². The van der Waals surface area contributed by atoms with Crippen molar-refractivity contribution in [1.82, 2.24) is 5.32 Å². The Labute approximate surface area is 145 Å². The van der Waals surface area contributed by atoms with Crippen molar-refractivity contribution < 1.29 is 19.1 Å². The Kier molecular flexibility index (Phi) is 6.11. The fourth-order valence-corrected chi connectivity index (χ4v) is 2.05. The van der Waals surface area contributed by atoms with Gasteiger partial charge in [-0.15, -0.1) is 0 Å². The molecule has 0 bridgehead atoms. The molecule has 130 valence electrons. The molecule has 3 N–H and O–H groups in total. The maximum absolute atomic E-state index is 12.0. The van der Waals surface area contributed by atoms with Gasteiger partial charge in [-0.1, -0.05) is 0 Å². The standard InChI is InChI=1S/C18H19N3O4/c1-12(22)20-14-5-7-15(8-6-14)21-17(23)11-19-18(24)13-3-9-16(25-2)10-4-13/h3-10H,11H2,1-2H3,(H,19,24)(H,20,22)(H,21,23). The van der Waals surface area contributed by atoms with E-state index < -0.39 is 0 Å². The van der Waals surface area contributed by atoms with Crippen molar-refractivity contribution in [3.05, 3.63) is 54.1 Å². The van der Waals surface area contributed by atoms with Crippen LogP contribution in [-0.2, 0) is 9.59 Å². The molecule has 2 rings (SSSR count). The van der Waals surface area contributed by atoms with Gasteiger partial charge < -0.3 is 20.7 Å². The van der Waals surface area contributed by atoms with E-state index >= 15 is 0 Å². The fourth-order valence-electron chi connectivity index (χ4n) is 2.05. The van der Waals surface area contributed by atoms with E-state index in [1.54, 1.807) is 55.6 Å². The summed E-state index contributed by atoms with van der Waals surface area (Å²) in [6, 6.07) is 13.2. The lowest BCUT2D eigenvalue weighted by Gasteiger charge is -2.08. The summed E-state index contributed by atoms with van der Waals surface area (Å²) >= 11 is 0. The molecule has 0 radical (unpaired) electrons. The molecule has 7 heteroatoms. The number of amides is 3. The molecule has 3 amide bonds. The molecule has 2 aromatic carbocycles. The zero-order valence-corrected chi connectivity index (χ0v) is 14.0. The van der Waals surface area contributed by atoms with Crippen LogP contribution in [0.5, 0.6) is 5.75 Å². The lowest BCUT2D eigenvalue weighted by atomic mass is 10.2. The average Bonchev–Trinajstić information content (AvgIpc) is 2.61. The van der Waals surface area contributed by atoms with E-state index in [4.69, 9.17) is 4.74 Å². The number of hydrogen-bond acceptors (Lipinski definition) is 4. The Morgan fingerprint density at radius 3 is 1.96 bits per heavy atom. The van der Waals surface area contributed by atoms with Gasteiger partial charge in [0.05, 0.1) is 13.7 Å². The second-order valence-electron chi connectivity index (χ2n) is 5.22. The summed E-state index contributed by atoms with van der Waals surface area (Å²) in [7, 11) is 1.54. The number of hydrogen-bond donors (Lipinski definition) is 3. The lowest BCUT2D eigenvalue weighted by molar-refractivity contribution is -0.115. The van der Waals surface area contributed by atoms with Gasteiger partial charge in [-0.3, -0.25) is 14.4 Å². The monoisotopic (exact) mass is 341 g/mol. The van der Waals surface area contributed by atoms with Crippen LogP contribution >= 0.6 is 0 Å². The third kappa shape index (κ3) is 5.65. The molecule has 0 aliphatic carbocycles. The Bertz CT molecular complexity index is 755. The van der Waals surface area contributed by atoms with Gasteiger partial charge in [0.1, 0.15) is 5.75 Å². The van der Waals surface area contributed by atoms with Crippen molar-refractivity contribution in [3.63, 3.8) is 0 Å². The predicted molar refractivity (Wildman–Crippen MR) is 94.7 cm³/mol. The quantitative estimate of drug-likeness (QED) is 0.749. The number of rotatable bonds is 6. The number of benzene rings is 2. The van der Waals surface area contributed by atoms with Crippen molar-refractivity contribution in [2.24, 2.45) is 0 Å². The molecule has 2 aromatic rings. The summed E-state index contributed by atoms with van der Waals surface area (Å²) < 4.78 is 5.02. The Balaban J connectivity index is 1.83. The van der Waals surface area contributed by atoms with Crippen molar-refractivity contribution in [1.29, 1.82) is 0 Å². The summed E-state index contributed by atoms with van der Waals surface area (Å²) in [5, 5.41) is 7.84. The number of methoxy groups -OCH3 is 1. The highest BCUT2D eigenvalue weighted by Crippen LogP contribution is 2.13. The number of nitrogens with one attached hydrogen (secondary N) is 3. The maximum atomic E-state index is 12.0. The molecule has 0 heterocycles. The van der Waals surface area contributed by atoms with E-state index in [0.717, 1.165) is 0 Å². The maximum Gasteiger partial charge on any atom is 0.251 e. The lowest BCUT2D eigenvalue weighted by Crippen LogP contribution is -2.32. The minimum atomic E-state index is -0.353. The zero-order chi connectivity index (χ0) is 18.2. The van der Waals surface area contributed by atoms with Gasteiger partial charge in [-0.05, 0) is 48.5 Å².